The standard InChI is InChI=1S/C26H25NO5/c1-29-21-10-9-19(14-24(21)32-16-17-7-5-4-6-8-17)26(28)25-20-15-23(31-3)22(30-2)13-18(20)11-12-27-25/h4-15,26,28H,16H2,1-3H3. The highest BCUT2D eigenvalue weighted by Gasteiger charge is 2.19. The number of methoxy groups -OCH3 is 3. The highest BCUT2D eigenvalue weighted by atomic mass is 16.5. The van der Waals surface area contributed by atoms with Gasteiger partial charge < -0.3 is 24.1 Å². The molecule has 6 nitrogen and oxygen atoms in total. The van der Waals surface area contributed by atoms with Crippen molar-refractivity contribution in [3.8, 4) is 23.0 Å². The Balaban J connectivity index is 1.70. The van der Waals surface area contributed by atoms with Gasteiger partial charge in [0.2, 0.25) is 0 Å². The number of hydrogen-bond donors (Lipinski definition) is 1. The third-order valence-corrected chi connectivity index (χ3v) is 5.30. The molecule has 164 valence electrons. The Morgan fingerprint density at radius 1 is 0.781 bits per heavy atom. The first-order valence-electron chi connectivity index (χ1n) is 10.2. The van der Waals surface area contributed by atoms with E-state index in [2.05, 4.69) is 4.98 Å². The summed E-state index contributed by atoms with van der Waals surface area (Å²) in [6.45, 7) is 0.389. The lowest BCUT2D eigenvalue weighted by molar-refractivity contribution is 0.215. The van der Waals surface area contributed by atoms with Crippen molar-refractivity contribution in [2.75, 3.05) is 21.3 Å². The zero-order chi connectivity index (χ0) is 22.5. The van der Waals surface area contributed by atoms with Crippen molar-refractivity contribution in [1.82, 2.24) is 4.98 Å². The van der Waals surface area contributed by atoms with Crippen LogP contribution in [0.3, 0.4) is 0 Å². The van der Waals surface area contributed by atoms with Crippen LogP contribution in [0.25, 0.3) is 10.8 Å². The van der Waals surface area contributed by atoms with E-state index in [4.69, 9.17) is 18.9 Å². The number of fused-ring (bicyclic) bond motifs is 1. The first-order chi connectivity index (χ1) is 15.6. The maximum Gasteiger partial charge on any atom is 0.162 e. The SMILES string of the molecule is COc1cc2ccnc(C(O)c3ccc(OC)c(OCc4ccccc4)c3)c2cc1OC. The van der Waals surface area contributed by atoms with E-state index in [1.54, 1.807) is 45.7 Å². The van der Waals surface area contributed by atoms with Gasteiger partial charge in [0, 0.05) is 11.6 Å². The molecule has 0 aliphatic rings. The van der Waals surface area contributed by atoms with Crippen molar-refractivity contribution in [3.63, 3.8) is 0 Å². The Kier molecular flexibility index (Phi) is 6.42. The first-order valence-corrected chi connectivity index (χ1v) is 10.2. The lowest BCUT2D eigenvalue weighted by atomic mass is 10.00. The molecular weight excluding hydrogens is 406 g/mol. The molecule has 1 N–H and O–H groups in total. The molecule has 32 heavy (non-hydrogen) atoms. The lowest BCUT2D eigenvalue weighted by Gasteiger charge is -2.17. The monoisotopic (exact) mass is 431 g/mol. The number of pyridine rings is 1. The molecule has 0 bridgehead atoms. The molecule has 0 aliphatic carbocycles. The van der Waals surface area contributed by atoms with Crippen LogP contribution in [0.1, 0.15) is 22.9 Å². The van der Waals surface area contributed by atoms with Gasteiger partial charge in [-0.15, -0.1) is 0 Å². The van der Waals surface area contributed by atoms with Crippen LogP contribution in [-0.4, -0.2) is 31.4 Å². The Bertz CT molecular complexity index is 1210. The van der Waals surface area contributed by atoms with Gasteiger partial charge in [0.25, 0.3) is 0 Å². The third kappa shape index (κ3) is 4.31. The molecule has 0 spiro atoms. The number of aliphatic hydroxyl groups excluding tert-OH is 1. The van der Waals surface area contributed by atoms with E-state index in [-0.39, 0.29) is 0 Å². The summed E-state index contributed by atoms with van der Waals surface area (Å²) < 4.78 is 22.3. The van der Waals surface area contributed by atoms with Crippen LogP contribution < -0.4 is 18.9 Å². The van der Waals surface area contributed by atoms with Gasteiger partial charge in [-0.05, 0) is 46.8 Å². The summed E-state index contributed by atoms with van der Waals surface area (Å²) in [7, 11) is 4.76. The zero-order valence-electron chi connectivity index (χ0n) is 18.2. The Morgan fingerprint density at radius 3 is 2.22 bits per heavy atom. The molecule has 1 heterocycles. The number of benzene rings is 3. The molecule has 6 heteroatoms. The molecular formula is C26H25NO5. The van der Waals surface area contributed by atoms with Crippen molar-refractivity contribution in [1.29, 1.82) is 0 Å². The summed E-state index contributed by atoms with van der Waals surface area (Å²) in [5, 5.41) is 12.9. The topological polar surface area (TPSA) is 70.0 Å². The molecule has 0 aliphatic heterocycles. The molecule has 1 unspecified atom stereocenters. The van der Waals surface area contributed by atoms with Crippen molar-refractivity contribution in [3.05, 3.63) is 89.7 Å². The van der Waals surface area contributed by atoms with Gasteiger partial charge in [-0.1, -0.05) is 36.4 Å². The van der Waals surface area contributed by atoms with Gasteiger partial charge in [-0.25, -0.2) is 0 Å². The molecule has 0 amide bonds. The molecule has 3 aromatic carbocycles. The van der Waals surface area contributed by atoms with Crippen molar-refractivity contribution in [2.24, 2.45) is 0 Å². The molecule has 0 saturated heterocycles. The van der Waals surface area contributed by atoms with E-state index in [1.165, 1.54) is 0 Å². The minimum Gasteiger partial charge on any atom is -0.493 e. The van der Waals surface area contributed by atoms with E-state index < -0.39 is 6.10 Å². The van der Waals surface area contributed by atoms with Gasteiger partial charge in [-0.2, -0.15) is 0 Å². The predicted molar refractivity (Wildman–Crippen MR) is 123 cm³/mol. The lowest BCUT2D eigenvalue weighted by Crippen LogP contribution is -2.05. The molecule has 0 saturated carbocycles. The van der Waals surface area contributed by atoms with Crippen LogP contribution in [0.5, 0.6) is 23.0 Å². The third-order valence-electron chi connectivity index (χ3n) is 5.30. The second-order valence-electron chi connectivity index (χ2n) is 7.21. The van der Waals surface area contributed by atoms with E-state index >= 15 is 0 Å². The summed E-state index contributed by atoms with van der Waals surface area (Å²) in [6, 6.07) is 20.8. The average molecular weight is 431 g/mol. The number of aliphatic hydroxyl groups is 1. The fraction of sp³-hybridized carbons (Fsp3) is 0.192. The quantitative estimate of drug-likeness (QED) is 0.427. The summed E-state index contributed by atoms with van der Waals surface area (Å²) in [6.07, 6.45) is 0.699. The smallest absolute Gasteiger partial charge is 0.162 e. The highest BCUT2D eigenvalue weighted by molar-refractivity contribution is 5.88. The van der Waals surface area contributed by atoms with Crippen LogP contribution >= 0.6 is 0 Å². The number of hydrogen-bond acceptors (Lipinski definition) is 6. The Hall–Kier alpha value is -3.77. The molecule has 0 radical (unpaired) electrons. The van der Waals surface area contributed by atoms with E-state index in [0.29, 0.717) is 40.9 Å². The van der Waals surface area contributed by atoms with Crippen LogP contribution in [0.2, 0.25) is 0 Å². The first kappa shape index (κ1) is 21.5. The molecule has 4 aromatic rings. The summed E-state index contributed by atoms with van der Waals surface area (Å²) in [5.74, 6) is 2.33. The normalized spacial score (nSPS) is 11.8. The Labute approximate surface area is 187 Å². The maximum atomic E-state index is 11.2. The number of ether oxygens (including phenoxy) is 4. The second kappa shape index (κ2) is 9.58. The minimum atomic E-state index is -0.971. The summed E-state index contributed by atoms with van der Waals surface area (Å²) in [4.78, 5) is 4.46. The van der Waals surface area contributed by atoms with Crippen LogP contribution in [0, 0.1) is 0 Å². The van der Waals surface area contributed by atoms with Crippen molar-refractivity contribution in [2.45, 2.75) is 12.7 Å². The average Bonchev–Trinajstić information content (AvgIpc) is 2.86. The number of nitrogens with zero attached hydrogens (tertiary/aromatic N) is 1. The van der Waals surface area contributed by atoms with E-state index in [1.807, 2.05) is 48.5 Å². The number of rotatable bonds is 8. The molecule has 1 atom stereocenters. The van der Waals surface area contributed by atoms with Gasteiger partial charge in [-0.3, -0.25) is 4.98 Å². The largest absolute Gasteiger partial charge is 0.493 e. The molecule has 4 rings (SSSR count). The van der Waals surface area contributed by atoms with Gasteiger partial charge in [0.15, 0.2) is 23.0 Å². The zero-order valence-corrected chi connectivity index (χ0v) is 18.2. The van der Waals surface area contributed by atoms with E-state index in [0.717, 1.165) is 16.3 Å². The fourth-order valence-electron chi connectivity index (χ4n) is 3.61. The van der Waals surface area contributed by atoms with Crippen LogP contribution in [0.4, 0.5) is 0 Å². The summed E-state index contributed by atoms with van der Waals surface area (Å²) in [5.41, 5.74) is 2.20. The predicted octanol–water partition coefficient (Wildman–Crippen LogP) is 4.92. The maximum absolute atomic E-state index is 11.2. The van der Waals surface area contributed by atoms with Gasteiger partial charge in [0.05, 0.1) is 27.0 Å². The van der Waals surface area contributed by atoms with Crippen molar-refractivity contribution < 1.29 is 24.1 Å². The van der Waals surface area contributed by atoms with E-state index in [9.17, 15) is 5.11 Å². The Morgan fingerprint density at radius 2 is 1.50 bits per heavy atom. The fourth-order valence-corrected chi connectivity index (χ4v) is 3.61. The van der Waals surface area contributed by atoms with Crippen molar-refractivity contribution >= 4 is 10.8 Å². The second-order valence-corrected chi connectivity index (χ2v) is 7.21. The molecule has 1 aromatic heterocycles. The highest BCUT2D eigenvalue weighted by Crippen LogP contribution is 2.37. The minimum absolute atomic E-state index is 0.389. The number of aromatic nitrogens is 1. The molecule has 0 fully saturated rings. The van der Waals surface area contributed by atoms with Gasteiger partial charge in [0.1, 0.15) is 12.7 Å². The van der Waals surface area contributed by atoms with Crippen LogP contribution in [-0.2, 0) is 6.61 Å². The van der Waals surface area contributed by atoms with Crippen LogP contribution in [0.15, 0.2) is 72.9 Å². The van der Waals surface area contributed by atoms with Gasteiger partial charge >= 0.3 is 0 Å². The summed E-state index contributed by atoms with van der Waals surface area (Å²) >= 11 is 0.